The second kappa shape index (κ2) is 6.33. The molecular weight excluding hydrogens is 314 g/mol. The summed E-state index contributed by atoms with van der Waals surface area (Å²) in [5, 5.41) is 12.9. The molecule has 0 spiro atoms. The molecule has 0 saturated carbocycles. The Hall–Kier alpha value is -2.48. The van der Waals surface area contributed by atoms with E-state index in [1.807, 2.05) is 38.1 Å². The van der Waals surface area contributed by atoms with Crippen LogP contribution in [0, 0.1) is 13.8 Å². The molecule has 8 heteroatoms. The van der Waals surface area contributed by atoms with E-state index < -0.39 is 0 Å². The summed E-state index contributed by atoms with van der Waals surface area (Å²) < 4.78 is 12.0. The zero-order chi connectivity index (χ0) is 16.4. The van der Waals surface area contributed by atoms with Crippen molar-refractivity contribution in [2.45, 2.75) is 24.8 Å². The van der Waals surface area contributed by atoms with Crippen molar-refractivity contribution in [2.24, 2.45) is 0 Å². The molecule has 3 rings (SSSR count). The second-order valence-corrected chi connectivity index (χ2v) is 5.91. The minimum absolute atomic E-state index is 0.559. The van der Waals surface area contributed by atoms with Gasteiger partial charge in [0.25, 0.3) is 0 Å². The van der Waals surface area contributed by atoms with Gasteiger partial charge in [-0.05, 0) is 26.0 Å². The van der Waals surface area contributed by atoms with Crippen LogP contribution in [0.2, 0.25) is 0 Å². The maximum Gasteiger partial charge on any atom is 0.210 e. The second-order valence-electron chi connectivity index (χ2n) is 4.97. The third-order valence-electron chi connectivity index (χ3n) is 3.54. The van der Waals surface area contributed by atoms with Crippen molar-refractivity contribution in [2.75, 3.05) is 13.0 Å². The standard InChI is InChI=1S/C15H17N5O2S/c1-9-12(10(2)22-19-9)8-23-15-18-17-14(20(15)16)11-6-4-5-7-13(11)21-3/h4-7H,8,16H2,1-3H3. The third kappa shape index (κ3) is 2.89. The lowest BCUT2D eigenvalue weighted by Gasteiger charge is -2.07. The molecule has 0 radical (unpaired) electrons. The lowest BCUT2D eigenvalue weighted by molar-refractivity contribution is 0.392. The van der Waals surface area contributed by atoms with Crippen molar-refractivity contribution in [3.63, 3.8) is 0 Å². The summed E-state index contributed by atoms with van der Waals surface area (Å²) in [5.74, 6) is 8.89. The van der Waals surface area contributed by atoms with E-state index in [9.17, 15) is 0 Å². The third-order valence-corrected chi connectivity index (χ3v) is 4.51. The van der Waals surface area contributed by atoms with Crippen LogP contribution in [-0.4, -0.2) is 27.1 Å². The van der Waals surface area contributed by atoms with E-state index in [1.54, 1.807) is 7.11 Å². The molecule has 0 aliphatic carbocycles. The molecule has 0 bridgehead atoms. The number of aromatic nitrogens is 4. The summed E-state index contributed by atoms with van der Waals surface area (Å²) in [6.45, 7) is 3.81. The van der Waals surface area contributed by atoms with Gasteiger partial charge in [0.2, 0.25) is 5.16 Å². The van der Waals surface area contributed by atoms with Crippen molar-refractivity contribution >= 4 is 11.8 Å². The predicted molar refractivity (Wildman–Crippen MR) is 87.7 cm³/mol. The van der Waals surface area contributed by atoms with Gasteiger partial charge in [0.05, 0.1) is 18.4 Å². The molecule has 120 valence electrons. The zero-order valence-electron chi connectivity index (χ0n) is 13.1. The first kappa shape index (κ1) is 15.4. The number of rotatable bonds is 5. The van der Waals surface area contributed by atoms with Gasteiger partial charge in [-0.1, -0.05) is 29.1 Å². The molecule has 0 fully saturated rings. The molecule has 3 aromatic rings. The van der Waals surface area contributed by atoms with Crippen LogP contribution < -0.4 is 10.6 Å². The average molecular weight is 331 g/mol. The van der Waals surface area contributed by atoms with Gasteiger partial charge in [0, 0.05) is 11.3 Å². The highest BCUT2D eigenvalue weighted by atomic mass is 32.2. The number of methoxy groups -OCH3 is 1. The van der Waals surface area contributed by atoms with Gasteiger partial charge in [0.15, 0.2) is 5.82 Å². The first-order chi connectivity index (χ1) is 11.1. The quantitative estimate of drug-likeness (QED) is 0.567. The Bertz CT molecular complexity index is 808. The summed E-state index contributed by atoms with van der Waals surface area (Å²) >= 11 is 1.49. The Morgan fingerprint density at radius 2 is 2.04 bits per heavy atom. The highest BCUT2D eigenvalue weighted by Gasteiger charge is 2.17. The molecule has 7 nitrogen and oxygen atoms in total. The maximum atomic E-state index is 6.15. The van der Waals surface area contributed by atoms with E-state index in [1.165, 1.54) is 16.4 Å². The van der Waals surface area contributed by atoms with E-state index in [2.05, 4.69) is 15.4 Å². The lowest BCUT2D eigenvalue weighted by Crippen LogP contribution is -2.12. The molecule has 0 amide bonds. The topological polar surface area (TPSA) is 92.0 Å². The number of ether oxygens (including phenoxy) is 1. The predicted octanol–water partition coefficient (Wildman–Crippen LogP) is 2.56. The van der Waals surface area contributed by atoms with Gasteiger partial charge in [-0.2, -0.15) is 0 Å². The Balaban J connectivity index is 1.85. The summed E-state index contributed by atoms with van der Waals surface area (Å²) in [5.41, 5.74) is 2.73. The largest absolute Gasteiger partial charge is 0.496 e. The number of benzene rings is 1. The summed E-state index contributed by atoms with van der Waals surface area (Å²) in [6, 6.07) is 7.56. The summed E-state index contributed by atoms with van der Waals surface area (Å²) in [6.07, 6.45) is 0. The lowest BCUT2D eigenvalue weighted by atomic mass is 10.2. The average Bonchev–Trinajstić information content (AvgIpc) is 3.08. The number of nitrogen functional groups attached to an aromatic ring is 1. The van der Waals surface area contributed by atoms with Crippen LogP contribution in [0.15, 0.2) is 33.9 Å². The van der Waals surface area contributed by atoms with Crippen LogP contribution in [0.25, 0.3) is 11.4 Å². The van der Waals surface area contributed by atoms with Crippen LogP contribution in [-0.2, 0) is 5.75 Å². The van der Waals surface area contributed by atoms with Crippen LogP contribution in [0.4, 0.5) is 0 Å². The van der Waals surface area contributed by atoms with Crippen molar-refractivity contribution in [1.82, 2.24) is 20.0 Å². The van der Waals surface area contributed by atoms with Crippen molar-refractivity contribution < 1.29 is 9.26 Å². The maximum absolute atomic E-state index is 6.15. The number of nitrogens with zero attached hydrogens (tertiary/aromatic N) is 4. The highest BCUT2D eigenvalue weighted by molar-refractivity contribution is 7.98. The molecule has 23 heavy (non-hydrogen) atoms. The highest BCUT2D eigenvalue weighted by Crippen LogP contribution is 2.30. The molecule has 0 atom stereocenters. The smallest absolute Gasteiger partial charge is 0.210 e. The fraction of sp³-hybridized carbons (Fsp3) is 0.267. The Morgan fingerprint density at radius 3 is 2.74 bits per heavy atom. The van der Waals surface area contributed by atoms with Gasteiger partial charge < -0.3 is 15.1 Å². The van der Waals surface area contributed by atoms with Gasteiger partial charge in [-0.15, -0.1) is 10.2 Å². The molecule has 0 saturated heterocycles. The monoisotopic (exact) mass is 331 g/mol. The van der Waals surface area contributed by atoms with Crippen LogP contribution >= 0.6 is 11.8 Å². The van der Waals surface area contributed by atoms with Gasteiger partial charge in [-0.3, -0.25) is 0 Å². The SMILES string of the molecule is COc1ccccc1-c1nnc(SCc2c(C)noc2C)n1N. The number of para-hydroxylation sites is 1. The molecule has 2 heterocycles. The van der Waals surface area contributed by atoms with Gasteiger partial charge >= 0.3 is 0 Å². The van der Waals surface area contributed by atoms with Crippen molar-refractivity contribution in [1.29, 1.82) is 0 Å². The molecule has 2 aromatic heterocycles. The fourth-order valence-corrected chi connectivity index (χ4v) is 3.24. The van der Waals surface area contributed by atoms with Gasteiger partial charge in [0.1, 0.15) is 11.5 Å². The Morgan fingerprint density at radius 1 is 1.26 bits per heavy atom. The van der Waals surface area contributed by atoms with Crippen molar-refractivity contribution in [3.8, 4) is 17.1 Å². The number of thioether (sulfide) groups is 1. The number of hydrogen-bond acceptors (Lipinski definition) is 7. The Kier molecular flexibility index (Phi) is 4.24. The van der Waals surface area contributed by atoms with Gasteiger partial charge in [-0.25, -0.2) is 4.68 Å². The number of hydrogen-bond donors (Lipinski definition) is 1. The van der Waals surface area contributed by atoms with Crippen LogP contribution in [0.1, 0.15) is 17.0 Å². The zero-order valence-corrected chi connectivity index (χ0v) is 13.9. The summed E-state index contributed by atoms with van der Waals surface area (Å²) in [4.78, 5) is 0. The number of nitrogens with two attached hydrogens (primary N) is 1. The molecule has 0 aliphatic rings. The van der Waals surface area contributed by atoms with Crippen LogP contribution in [0.5, 0.6) is 5.75 Å². The number of aryl methyl sites for hydroxylation is 2. The first-order valence-corrected chi connectivity index (χ1v) is 7.98. The Labute approximate surface area is 137 Å². The van der Waals surface area contributed by atoms with E-state index in [4.69, 9.17) is 15.1 Å². The van der Waals surface area contributed by atoms with E-state index in [0.717, 1.165) is 22.6 Å². The summed E-state index contributed by atoms with van der Waals surface area (Å²) in [7, 11) is 1.61. The minimum Gasteiger partial charge on any atom is -0.496 e. The van der Waals surface area contributed by atoms with E-state index in [0.29, 0.717) is 22.5 Å². The minimum atomic E-state index is 0.559. The normalized spacial score (nSPS) is 10.9. The fourth-order valence-electron chi connectivity index (χ4n) is 2.23. The molecule has 0 aliphatic heterocycles. The molecular formula is C15H17N5O2S. The van der Waals surface area contributed by atoms with Crippen molar-refractivity contribution in [3.05, 3.63) is 41.3 Å². The van der Waals surface area contributed by atoms with E-state index >= 15 is 0 Å². The molecule has 1 aromatic carbocycles. The van der Waals surface area contributed by atoms with E-state index in [-0.39, 0.29) is 0 Å². The van der Waals surface area contributed by atoms with Crippen LogP contribution in [0.3, 0.4) is 0 Å². The molecule has 0 unspecified atom stereocenters. The first-order valence-electron chi connectivity index (χ1n) is 7.00. The molecule has 2 N–H and O–H groups in total.